The molecule has 0 fully saturated rings. The molecule has 2 heterocycles. The summed E-state index contributed by atoms with van der Waals surface area (Å²) in [6.45, 7) is 0.207. The van der Waals surface area contributed by atoms with Gasteiger partial charge in [-0.1, -0.05) is 12.1 Å². The monoisotopic (exact) mass is 253 g/mol. The lowest BCUT2D eigenvalue weighted by Crippen LogP contribution is -2.29. The first-order valence-corrected chi connectivity index (χ1v) is 5.82. The van der Waals surface area contributed by atoms with Crippen molar-refractivity contribution >= 4 is 17.5 Å². The van der Waals surface area contributed by atoms with E-state index in [0.29, 0.717) is 11.3 Å². The number of hydrogen-bond donors (Lipinski definition) is 1. The normalized spacial score (nSPS) is 13.8. The number of amides is 2. The van der Waals surface area contributed by atoms with Crippen molar-refractivity contribution in [3.05, 3.63) is 59.4 Å². The van der Waals surface area contributed by atoms with Crippen molar-refractivity contribution in [3.8, 4) is 0 Å². The van der Waals surface area contributed by atoms with Gasteiger partial charge in [-0.05, 0) is 29.8 Å². The topological polar surface area (TPSA) is 76.3 Å². The summed E-state index contributed by atoms with van der Waals surface area (Å²) in [5, 5.41) is 0. The number of aromatic nitrogens is 1. The third-order valence-electron chi connectivity index (χ3n) is 3.02. The van der Waals surface area contributed by atoms with Gasteiger partial charge in [0.25, 0.3) is 11.8 Å². The maximum atomic E-state index is 12.1. The molecule has 1 aliphatic rings. The molecular formula is C14H11N3O2. The molecule has 3 rings (SSSR count). The first-order chi connectivity index (χ1) is 9.16. The quantitative estimate of drug-likeness (QED) is 0.649. The van der Waals surface area contributed by atoms with Crippen molar-refractivity contribution in [3.63, 3.8) is 0 Å². The predicted octanol–water partition coefficient (Wildman–Crippen LogP) is 1.46. The first kappa shape index (κ1) is 11.4. The average Bonchev–Trinajstić information content (AvgIpc) is 2.65. The number of rotatable bonds is 2. The number of nitrogens with zero attached hydrogens (tertiary/aromatic N) is 2. The number of nitrogen functional groups attached to an aromatic ring is 1. The highest BCUT2D eigenvalue weighted by atomic mass is 16.2. The highest BCUT2D eigenvalue weighted by Gasteiger charge is 2.36. The largest absolute Gasteiger partial charge is 0.399 e. The molecule has 0 radical (unpaired) electrons. The molecule has 0 unspecified atom stereocenters. The average molecular weight is 253 g/mol. The molecule has 5 heteroatoms. The summed E-state index contributed by atoms with van der Waals surface area (Å²) < 4.78 is 0. The molecular weight excluding hydrogens is 242 g/mol. The molecule has 94 valence electrons. The van der Waals surface area contributed by atoms with E-state index >= 15 is 0 Å². The molecule has 2 aromatic rings. The Labute approximate surface area is 109 Å². The van der Waals surface area contributed by atoms with E-state index in [1.54, 1.807) is 30.3 Å². The second-order valence-corrected chi connectivity index (χ2v) is 4.34. The number of benzene rings is 1. The molecule has 0 atom stereocenters. The van der Waals surface area contributed by atoms with Crippen LogP contribution in [0.2, 0.25) is 0 Å². The van der Waals surface area contributed by atoms with Gasteiger partial charge < -0.3 is 5.73 Å². The third-order valence-corrected chi connectivity index (χ3v) is 3.02. The number of carbonyl (C=O) groups excluding carboxylic acids is 2. The lowest BCUT2D eigenvalue weighted by Gasteiger charge is -2.13. The molecule has 0 spiro atoms. The molecule has 0 saturated carbocycles. The Kier molecular flexibility index (Phi) is 2.52. The molecule has 1 aromatic heterocycles. The number of nitrogens with two attached hydrogens (primary N) is 1. The molecule has 2 N–H and O–H groups in total. The van der Waals surface area contributed by atoms with Crippen LogP contribution >= 0.6 is 0 Å². The number of hydrogen-bond acceptors (Lipinski definition) is 4. The summed E-state index contributed by atoms with van der Waals surface area (Å²) in [6.07, 6.45) is 1.51. The van der Waals surface area contributed by atoms with Gasteiger partial charge in [-0.2, -0.15) is 0 Å². The van der Waals surface area contributed by atoms with Crippen molar-refractivity contribution in [2.45, 2.75) is 6.54 Å². The summed E-state index contributed by atoms with van der Waals surface area (Å²) in [6, 6.07) is 10.4. The Bertz CT molecular complexity index is 647. The SMILES string of the molecule is Nc1cccc(CN2C(=O)c3cccnc3C2=O)c1. The zero-order chi connectivity index (χ0) is 13.4. The van der Waals surface area contributed by atoms with E-state index in [1.807, 2.05) is 6.07 Å². The van der Waals surface area contributed by atoms with Gasteiger partial charge in [0.05, 0.1) is 12.1 Å². The molecule has 0 bridgehead atoms. The van der Waals surface area contributed by atoms with Gasteiger partial charge >= 0.3 is 0 Å². The Morgan fingerprint density at radius 3 is 2.68 bits per heavy atom. The fraction of sp³-hybridized carbons (Fsp3) is 0.0714. The van der Waals surface area contributed by atoms with Crippen LogP contribution in [0.5, 0.6) is 0 Å². The smallest absolute Gasteiger partial charge is 0.280 e. The van der Waals surface area contributed by atoms with Crippen molar-refractivity contribution < 1.29 is 9.59 Å². The lowest BCUT2D eigenvalue weighted by atomic mass is 10.2. The van der Waals surface area contributed by atoms with Crippen LogP contribution in [-0.2, 0) is 6.54 Å². The first-order valence-electron chi connectivity index (χ1n) is 5.82. The molecule has 19 heavy (non-hydrogen) atoms. The Balaban J connectivity index is 1.92. The van der Waals surface area contributed by atoms with Crippen molar-refractivity contribution in [2.24, 2.45) is 0 Å². The van der Waals surface area contributed by atoms with E-state index in [1.165, 1.54) is 11.1 Å². The van der Waals surface area contributed by atoms with Gasteiger partial charge in [0.2, 0.25) is 0 Å². The summed E-state index contributed by atoms with van der Waals surface area (Å²) in [7, 11) is 0. The lowest BCUT2D eigenvalue weighted by molar-refractivity contribution is 0.0640. The standard InChI is InChI=1S/C14H11N3O2/c15-10-4-1-3-9(7-10)8-17-13(18)11-5-2-6-16-12(11)14(17)19/h1-7H,8,15H2. The number of anilines is 1. The van der Waals surface area contributed by atoms with Crippen LogP contribution in [0.1, 0.15) is 26.4 Å². The fourth-order valence-electron chi connectivity index (χ4n) is 2.13. The summed E-state index contributed by atoms with van der Waals surface area (Å²) >= 11 is 0. The van der Waals surface area contributed by atoms with Crippen molar-refractivity contribution in [1.29, 1.82) is 0 Å². The number of fused-ring (bicyclic) bond motifs is 1. The van der Waals surface area contributed by atoms with Crippen molar-refractivity contribution in [1.82, 2.24) is 9.88 Å². The molecule has 2 amide bonds. The second kappa shape index (κ2) is 4.20. The molecule has 1 aliphatic heterocycles. The van der Waals surface area contributed by atoms with E-state index in [-0.39, 0.29) is 24.1 Å². The maximum Gasteiger partial charge on any atom is 0.280 e. The minimum absolute atomic E-state index is 0.207. The zero-order valence-corrected chi connectivity index (χ0v) is 10.0. The number of carbonyl (C=O) groups is 2. The Morgan fingerprint density at radius 2 is 1.95 bits per heavy atom. The minimum atomic E-state index is -0.358. The second-order valence-electron chi connectivity index (χ2n) is 4.34. The van der Waals surface area contributed by atoms with E-state index in [2.05, 4.69) is 4.98 Å². The summed E-state index contributed by atoms with van der Waals surface area (Å²) in [4.78, 5) is 29.4. The van der Waals surface area contributed by atoms with E-state index < -0.39 is 0 Å². The van der Waals surface area contributed by atoms with Crippen LogP contribution < -0.4 is 5.73 Å². The molecule has 0 aliphatic carbocycles. The number of pyridine rings is 1. The van der Waals surface area contributed by atoms with Crippen LogP contribution in [-0.4, -0.2) is 21.7 Å². The molecule has 5 nitrogen and oxygen atoms in total. The highest BCUT2D eigenvalue weighted by Crippen LogP contribution is 2.22. The van der Waals surface area contributed by atoms with E-state index in [0.717, 1.165) is 5.56 Å². The molecule has 0 saturated heterocycles. The zero-order valence-electron chi connectivity index (χ0n) is 10.0. The van der Waals surface area contributed by atoms with Crippen LogP contribution in [0.15, 0.2) is 42.6 Å². The van der Waals surface area contributed by atoms with Gasteiger partial charge in [-0.3, -0.25) is 19.5 Å². The van der Waals surface area contributed by atoms with Crippen LogP contribution in [0.4, 0.5) is 5.69 Å². The van der Waals surface area contributed by atoms with Crippen LogP contribution in [0.25, 0.3) is 0 Å². The van der Waals surface area contributed by atoms with Crippen LogP contribution in [0, 0.1) is 0 Å². The van der Waals surface area contributed by atoms with E-state index in [9.17, 15) is 9.59 Å². The summed E-state index contributed by atoms with van der Waals surface area (Å²) in [5.74, 6) is -0.668. The highest BCUT2D eigenvalue weighted by molar-refractivity contribution is 6.20. The van der Waals surface area contributed by atoms with Gasteiger partial charge in [-0.25, -0.2) is 0 Å². The summed E-state index contributed by atoms with van der Waals surface area (Å²) in [5.41, 5.74) is 7.68. The Morgan fingerprint density at radius 1 is 1.11 bits per heavy atom. The minimum Gasteiger partial charge on any atom is -0.399 e. The van der Waals surface area contributed by atoms with Gasteiger partial charge in [-0.15, -0.1) is 0 Å². The fourth-order valence-corrected chi connectivity index (χ4v) is 2.13. The van der Waals surface area contributed by atoms with Gasteiger partial charge in [0, 0.05) is 11.9 Å². The van der Waals surface area contributed by atoms with Crippen LogP contribution in [0.3, 0.4) is 0 Å². The Hall–Kier alpha value is -2.69. The van der Waals surface area contributed by atoms with E-state index in [4.69, 9.17) is 5.73 Å². The number of imide groups is 1. The van der Waals surface area contributed by atoms with Crippen molar-refractivity contribution in [2.75, 3.05) is 5.73 Å². The van der Waals surface area contributed by atoms with Gasteiger partial charge in [0.15, 0.2) is 0 Å². The predicted molar refractivity (Wildman–Crippen MR) is 69.3 cm³/mol. The van der Waals surface area contributed by atoms with Gasteiger partial charge in [0.1, 0.15) is 5.69 Å². The molecule has 1 aromatic carbocycles. The third kappa shape index (κ3) is 1.85. The maximum absolute atomic E-state index is 12.1.